The lowest BCUT2D eigenvalue weighted by atomic mass is 9.99. The largest absolute Gasteiger partial charge is 0.311 e. The Morgan fingerprint density at radius 1 is 0.276 bits per heavy atom. The molecule has 0 bridgehead atoms. The first kappa shape index (κ1) is 33.6. The molecule has 0 atom stereocenters. The molecule has 2 nitrogen and oxygen atoms in total. The molecule has 0 amide bonds. The van der Waals surface area contributed by atoms with Crippen LogP contribution in [-0.2, 0) is 0 Å². The molecular weight excluding hydrogens is 701 g/mol. The van der Waals surface area contributed by atoms with Crippen LogP contribution in [0.3, 0.4) is 0 Å². The van der Waals surface area contributed by atoms with E-state index in [1.54, 1.807) is 0 Å². The molecule has 1 heterocycles. The van der Waals surface area contributed by atoms with E-state index in [1.807, 2.05) is 0 Å². The molecule has 11 aromatic rings. The number of para-hydroxylation sites is 1. The summed E-state index contributed by atoms with van der Waals surface area (Å²) in [4.78, 5) is 2.34. The Labute approximate surface area is 338 Å². The van der Waals surface area contributed by atoms with Crippen LogP contribution in [-0.4, -0.2) is 4.57 Å². The maximum Gasteiger partial charge on any atom is 0.0619 e. The van der Waals surface area contributed by atoms with Crippen LogP contribution in [0.2, 0.25) is 0 Å². The molecule has 0 saturated heterocycles. The van der Waals surface area contributed by atoms with Crippen LogP contribution in [0.25, 0.3) is 82.4 Å². The Hall–Kier alpha value is -7.68. The molecule has 10 aromatic carbocycles. The lowest BCUT2D eigenvalue weighted by Gasteiger charge is -2.26. The van der Waals surface area contributed by atoms with E-state index >= 15 is 0 Å². The minimum Gasteiger partial charge on any atom is -0.311 e. The van der Waals surface area contributed by atoms with Crippen LogP contribution >= 0.6 is 0 Å². The van der Waals surface area contributed by atoms with E-state index in [9.17, 15) is 0 Å². The Bertz CT molecular complexity index is 3150. The van der Waals surface area contributed by atoms with Gasteiger partial charge in [0.2, 0.25) is 0 Å². The monoisotopic (exact) mass is 738 g/mol. The third kappa shape index (κ3) is 5.91. The van der Waals surface area contributed by atoms with Gasteiger partial charge in [0.15, 0.2) is 0 Å². The Balaban J connectivity index is 0.982. The van der Waals surface area contributed by atoms with Crippen LogP contribution in [0.5, 0.6) is 0 Å². The van der Waals surface area contributed by atoms with E-state index in [0.717, 1.165) is 17.1 Å². The first-order valence-electron chi connectivity index (χ1n) is 19.9. The molecule has 2 heteroatoms. The summed E-state index contributed by atoms with van der Waals surface area (Å²) in [6.07, 6.45) is 0. The van der Waals surface area contributed by atoms with Crippen molar-refractivity contribution in [1.82, 2.24) is 4.57 Å². The highest BCUT2D eigenvalue weighted by Crippen LogP contribution is 2.40. The first-order valence-corrected chi connectivity index (χ1v) is 19.9. The summed E-state index contributed by atoms with van der Waals surface area (Å²) in [6, 6.07) is 83.6. The molecule has 0 aliphatic heterocycles. The van der Waals surface area contributed by atoms with Crippen molar-refractivity contribution in [2.45, 2.75) is 0 Å². The lowest BCUT2D eigenvalue weighted by molar-refractivity contribution is 1.19. The van der Waals surface area contributed by atoms with Gasteiger partial charge in [-0.3, -0.25) is 0 Å². The highest BCUT2D eigenvalue weighted by Gasteiger charge is 2.17. The van der Waals surface area contributed by atoms with Gasteiger partial charge < -0.3 is 9.47 Å². The second kappa shape index (κ2) is 14.1. The van der Waals surface area contributed by atoms with Crippen molar-refractivity contribution in [2.75, 3.05) is 4.90 Å². The van der Waals surface area contributed by atoms with Crippen LogP contribution in [0.4, 0.5) is 17.1 Å². The normalized spacial score (nSPS) is 11.4. The molecule has 0 saturated carbocycles. The van der Waals surface area contributed by atoms with Gasteiger partial charge in [-0.05, 0) is 110 Å². The summed E-state index contributed by atoms with van der Waals surface area (Å²) in [6.45, 7) is 0. The molecule has 272 valence electrons. The number of hydrogen-bond acceptors (Lipinski definition) is 1. The predicted molar refractivity (Wildman–Crippen MR) is 247 cm³/mol. The smallest absolute Gasteiger partial charge is 0.0619 e. The summed E-state index contributed by atoms with van der Waals surface area (Å²) >= 11 is 0. The van der Waals surface area contributed by atoms with Crippen LogP contribution in [0.1, 0.15) is 0 Å². The van der Waals surface area contributed by atoms with Gasteiger partial charge in [0.25, 0.3) is 0 Å². The van der Waals surface area contributed by atoms with E-state index in [1.165, 1.54) is 82.4 Å². The molecule has 11 rings (SSSR count). The summed E-state index contributed by atoms with van der Waals surface area (Å²) in [5.41, 5.74) is 14.1. The summed E-state index contributed by atoms with van der Waals surface area (Å²) in [7, 11) is 0. The summed E-state index contributed by atoms with van der Waals surface area (Å²) < 4.78 is 2.45. The van der Waals surface area contributed by atoms with E-state index in [0.29, 0.717) is 0 Å². The van der Waals surface area contributed by atoms with E-state index in [-0.39, 0.29) is 0 Å². The van der Waals surface area contributed by atoms with Crippen molar-refractivity contribution in [3.63, 3.8) is 0 Å². The number of hydrogen-bond donors (Lipinski definition) is 0. The molecule has 0 aliphatic rings. The third-order valence-corrected chi connectivity index (χ3v) is 11.6. The standard InChI is InChI=1S/C56H38N2/c1-3-11-39(12-4-1)42-19-28-48(29-20-42)57(49-30-21-43(22-31-49)40-13-5-2-6-14-40)50-32-23-44(24-33-50)46-26-35-52-47(37-46)27-36-54-53-17-9-10-18-55(53)58(56(52)54)51-34-25-41-15-7-8-16-45(41)38-51/h1-38H. The van der Waals surface area contributed by atoms with Gasteiger partial charge in [0.05, 0.1) is 11.0 Å². The van der Waals surface area contributed by atoms with Gasteiger partial charge in [-0.15, -0.1) is 0 Å². The fraction of sp³-hybridized carbons (Fsp3) is 0. The Kier molecular flexibility index (Phi) is 8.19. The molecule has 0 spiro atoms. The molecule has 0 radical (unpaired) electrons. The van der Waals surface area contributed by atoms with Crippen molar-refractivity contribution in [2.24, 2.45) is 0 Å². The van der Waals surface area contributed by atoms with Gasteiger partial charge >= 0.3 is 0 Å². The lowest BCUT2D eigenvalue weighted by Crippen LogP contribution is -2.09. The number of rotatable bonds is 7. The van der Waals surface area contributed by atoms with Gasteiger partial charge in [-0.25, -0.2) is 0 Å². The highest BCUT2D eigenvalue weighted by molar-refractivity contribution is 6.19. The van der Waals surface area contributed by atoms with Crippen molar-refractivity contribution >= 4 is 60.4 Å². The van der Waals surface area contributed by atoms with Crippen LogP contribution in [0, 0.1) is 0 Å². The second-order valence-corrected chi connectivity index (χ2v) is 15.0. The fourth-order valence-electron chi connectivity index (χ4n) is 8.67. The van der Waals surface area contributed by atoms with Gasteiger partial charge in [0.1, 0.15) is 0 Å². The molecule has 0 fully saturated rings. The number of nitrogens with zero attached hydrogens (tertiary/aromatic N) is 2. The zero-order valence-corrected chi connectivity index (χ0v) is 31.8. The van der Waals surface area contributed by atoms with Gasteiger partial charge in [0, 0.05) is 38.9 Å². The predicted octanol–water partition coefficient (Wildman–Crippen LogP) is 15.6. The minimum absolute atomic E-state index is 1.10. The second-order valence-electron chi connectivity index (χ2n) is 15.0. The molecule has 0 aliphatic carbocycles. The summed E-state index contributed by atoms with van der Waals surface area (Å²) in [5.74, 6) is 0. The third-order valence-electron chi connectivity index (χ3n) is 11.6. The molecule has 0 unspecified atom stereocenters. The number of benzene rings is 10. The van der Waals surface area contributed by atoms with Gasteiger partial charge in [-0.2, -0.15) is 0 Å². The van der Waals surface area contributed by atoms with E-state index in [2.05, 4.69) is 240 Å². The Morgan fingerprint density at radius 2 is 0.741 bits per heavy atom. The average molecular weight is 739 g/mol. The molecule has 0 N–H and O–H groups in total. The van der Waals surface area contributed by atoms with E-state index in [4.69, 9.17) is 0 Å². The molecular formula is C56H38N2. The maximum absolute atomic E-state index is 2.45. The first-order chi connectivity index (χ1) is 28.7. The van der Waals surface area contributed by atoms with Crippen molar-refractivity contribution in [1.29, 1.82) is 0 Å². The van der Waals surface area contributed by atoms with Crippen molar-refractivity contribution < 1.29 is 0 Å². The van der Waals surface area contributed by atoms with Crippen LogP contribution < -0.4 is 4.90 Å². The number of aromatic nitrogens is 1. The van der Waals surface area contributed by atoms with E-state index < -0.39 is 0 Å². The highest BCUT2D eigenvalue weighted by atomic mass is 15.1. The van der Waals surface area contributed by atoms with Crippen molar-refractivity contribution in [3.8, 4) is 39.1 Å². The van der Waals surface area contributed by atoms with Gasteiger partial charge in [-0.1, -0.05) is 170 Å². The van der Waals surface area contributed by atoms with Crippen LogP contribution in [0.15, 0.2) is 231 Å². The number of fused-ring (bicyclic) bond motifs is 6. The number of anilines is 3. The average Bonchev–Trinajstić information content (AvgIpc) is 3.65. The summed E-state index contributed by atoms with van der Waals surface area (Å²) in [5, 5.41) is 7.48. The fourth-order valence-corrected chi connectivity index (χ4v) is 8.67. The quantitative estimate of drug-likeness (QED) is 0.158. The molecule has 1 aromatic heterocycles. The minimum atomic E-state index is 1.10. The topological polar surface area (TPSA) is 8.17 Å². The molecule has 58 heavy (non-hydrogen) atoms. The van der Waals surface area contributed by atoms with Crippen molar-refractivity contribution in [3.05, 3.63) is 231 Å². The Morgan fingerprint density at radius 3 is 1.36 bits per heavy atom. The zero-order valence-electron chi connectivity index (χ0n) is 31.8. The zero-order chi connectivity index (χ0) is 38.4. The SMILES string of the molecule is c1ccc(-c2ccc(N(c3ccc(-c4ccccc4)cc3)c3ccc(-c4ccc5c(ccc6c7ccccc7n(-c7ccc8ccccc8c7)c56)c4)cc3)cc2)cc1. The maximum atomic E-state index is 2.45.